The third-order valence-corrected chi connectivity index (χ3v) is 4.86. The van der Waals surface area contributed by atoms with Gasteiger partial charge in [-0.25, -0.2) is 4.39 Å². The number of rotatable bonds is 5. The van der Waals surface area contributed by atoms with Gasteiger partial charge >= 0.3 is 0 Å². The first-order chi connectivity index (χ1) is 11.2. The highest BCUT2D eigenvalue weighted by atomic mass is 35.5. The fourth-order valence-corrected chi connectivity index (χ4v) is 3.77. The summed E-state index contributed by atoms with van der Waals surface area (Å²) >= 11 is 0. The smallest absolute Gasteiger partial charge is 0.165 e. The number of hydrogen-bond donors (Lipinski definition) is 0. The Hall–Kier alpha value is -1.58. The summed E-state index contributed by atoms with van der Waals surface area (Å²) in [4.78, 5) is 2.40. The third kappa shape index (κ3) is 3.42. The molecule has 0 fully saturated rings. The number of likely N-dealkylation sites (N-methyl/N-ethyl adjacent to an activating group) is 1. The van der Waals surface area contributed by atoms with Crippen LogP contribution in [0.2, 0.25) is 0 Å². The molecule has 0 aliphatic heterocycles. The number of ether oxygens (including phenoxy) is 1. The number of nitrogens with zero attached hydrogens (tertiary/aromatic N) is 1. The zero-order chi connectivity index (χ0) is 16.4. The molecule has 4 heteroatoms. The maximum Gasteiger partial charge on any atom is 0.165 e. The summed E-state index contributed by atoms with van der Waals surface area (Å²) in [5.41, 5.74) is 3.55. The molecule has 1 aliphatic rings. The Labute approximate surface area is 150 Å². The van der Waals surface area contributed by atoms with Gasteiger partial charge < -0.3 is 9.64 Å². The van der Waals surface area contributed by atoms with Gasteiger partial charge in [-0.15, -0.1) is 12.4 Å². The monoisotopic (exact) mass is 349 g/mol. The molecule has 2 aromatic carbocycles. The Morgan fingerprint density at radius 3 is 2.54 bits per heavy atom. The van der Waals surface area contributed by atoms with Gasteiger partial charge in [0, 0.05) is 12.0 Å². The van der Waals surface area contributed by atoms with Crippen molar-refractivity contribution in [2.24, 2.45) is 0 Å². The van der Waals surface area contributed by atoms with Crippen molar-refractivity contribution < 1.29 is 9.13 Å². The Morgan fingerprint density at radius 1 is 1.21 bits per heavy atom. The summed E-state index contributed by atoms with van der Waals surface area (Å²) in [7, 11) is 3.69. The molecular formula is C20H25ClFNO. The summed E-state index contributed by atoms with van der Waals surface area (Å²) in [6.45, 7) is 3.24. The van der Waals surface area contributed by atoms with Gasteiger partial charge in [0.15, 0.2) is 11.6 Å². The maximum absolute atomic E-state index is 14.3. The van der Waals surface area contributed by atoms with E-state index in [1.165, 1.54) is 18.2 Å². The molecule has 0 spiro atoms. The lowest BCUT2D eigenvalue weighted by molar-refractivity contribution is 0.233. The van der Waals surface area contributed by atoms with Crippen LogP contribution in [0.15, 0.2) is 42.5 Å². The molecule has 0 unspecified atom stereocenters. The number of hydrogen-bond acceptors (Lipinski definition) is 2. The van der Waals surface area contributed by atoms with Crippen molar-refractivity contribution in [2.45, 2.75) is 31.7 Å². The van der Waals surface area contributed by atoms with E-state index in [1.807, 2.05) is 12.1 Å². The summed E-state index contributed by atoms with van der Waals surface area (Å²) in [5, 5.41) is 0. The molecule has 0 bridgehead atoms. The lowest BCUT2D eigenvalue weighted by Crippen LogP contribution is -2.36. The van der Waals surface area contributed by atoms with Gasteiger partial charge in [-0.2, -0.15) is 0 Å². The molecule has 24 heavy (non-hydrogen) atoms. The minimum absolute atomic E-state index is 0. The maximum atomic E-state index is 14.3. The second-order valence-corrected chi connectivity index (χ2v) is 6.33. The van der Waals surface area contributed by atoms with Crippen LogP contribution in [-0.4, -0.2) is 31.6 Å². The largest absolute Gasteiger partial charge is 0.494 e. The van der Waals surface area contributed by atoms with Crippen LogP contribution in [0.3, 0.4) is 0 Å². The van der Waals surface area contributed by atoms with Crippen LogP contribution < -0.4 is 4.74 Å². The fraction of sp³-hybridized carbons (Fsp3) is 0.400. The van der Waals surface area contributed by atoms with Crippen molar-refractivity contribution in [3.8, 4) is 5.75 Å². The predicted molar refractivity (Wildman–Crippen MR) is 98.9 cm³/mol. The summed E-state index contributed by atoms with van der Waals surface area (Å²) < 4.78 is 19.4. The molecule has 3 rings (SSSR count). The minimum atomic E-state index is -0.272. The predicted octanol–water partition coefficient (Wildman–Crippen LogP) is 4.65. The fourth-order valence-electron chi connectivity index (χ4n) is 3.77. The van der Waals surface area contributed by atoms with E-state index >= 15 is 0 Å². The van der Waals surface area contributed by atoms with Gasteiger partial charge in [0.05, 0.1) is 7.11 Å². The van der Waals surface area contributed by atoms with E-state index < -0.39 is 0 Å². The van der Waals surface area contributed by atoms with Crippen molar-refractivity contribution in [3.63, 3.8) is 0 Å². The van der Waals surface area contributed by atoms with Gasteiger partial charge in [0.2, 0.25) is 0 Å². The molecule has 0 aromatic heterocycles. The number of benzene rings is 2. The van der Waals surface area contributed by atoms with E-state index in [9.17, 15) is 4.39 Å². The Bertz CT molecular complexity index is 677. The highest BCUT2D eigenvalue weighted by molar-refractivity contribution is 5.85. The first-order valence-corrected chi connectivity index (χ1v) is 8.27. The molecule has 2 nitrogen and oxygen atoms in total. The second kappa shape index (κ2) is 8.00. The molecule has 0 N–H and O–H groups in total. The summed E-state index contributed by atoms with van der Waals surface area (Å²) in [6.07, 6.45) is 2.05. The highest BCUT2D eigenvalue weighted by Gasteiger charge is 2.36. The first kappa shape index (κ1) is 18.8. The number of fused-ring (bicyclic) bond motifs is 1. The van der Waals surface area contributed by atoms with Crippen molar-refractivity contribution in [3.05, 3.63) is 65.0 Å². The van der Waals surface area contributed by atoms with Crippen molar-refractivity contribution in [2.75, 3.05) is 20.7 Å². The van der Waals surface area contributed by atoms with Crippen LogP contribution in [0.4, 0.5) is 4.39 Å². The number of halogens is 2. The zero-order valence-electron chi connectivity index (χ0n) is 14.5. The topological polar surface area (TPSA) is 12.5 Å². The van der Waals surface area contributed by atoms with Gasteiger partial charge in [0.1, 0.15) is 0 Å². The van der Waals surface area contributed by atoms with Crippen LogP contribution in [0.25, 0.3) is 0 Å². The molecule has 1 aliphatic carbocycles. The Balaban J connectivity index is 0.00000208. The molecule has 0 radical (unpaired) electrons. The minimum Gasteiger partial charge on any atom is -0.494 e. The molecular weight excluding hydrogens is 325 g/mol. The second-order valence-electron chi connectivity index (χ2n) is 6.33. The average molecular weight is 350 g/mol. The van der Waals surface area contributed by atoms with Crippen LogP contribution in [0.1, 0.15) is 36.0 Å². The van der Waals surface area contributed by atoms with E-state index in [-0.39, 0.29) is 24.1 Å². The van der Waals surface area contributed by atoms with Crippen molar-refractivity contribution in [1.82, 2.24) is 4.90 Å². The van der Waals surface area contributed by atoms with Gasteiger partial charge in [-0.05, 0) is 55.3 Å². The molecule has 0 amide bonds. The highest BCUT2D eigenvalue weighted by Crippen LogP contribution is 2.42. The lowest BCUT2D eigenvalue weighted by Gasteiger charge is -2.30. The zero-order valence-corrected chi connectivity index (χ0v) is 15.3. The van der Waals surface area contributed by atoms with Crippen LogP contribution in [0, 0.1) is 5.82 Å². The van der Waals surface area contributed by atoms with Gasteiger partial charge in [-0.1, -0.05) is 37.3 Å². The summed E-state index contributed by atoms with van der Waals surface area (Å²) in [5.74, 6) is 0.281. The quantitative estimate of drug-likeness (QED) is 0.778. The summed E-state index contributed by atoms with van der Waals surface area (Å²) in [6, 6.07) is 14.3. The van der Waals surface area contributed by atoms with E-state index in [2.05, 4.69) is 43.1 Å². The third-order valence-electron chi connectivity index (χ3n) is 4.86. The van der Waals surface area contributed by atoms with Crippen LogP contribution in [0.5, 0.6) is 5.75 Å². The van der Waals surface area contributed by atoms with Crippen LogP contribution >= 0.6 is 12.4 Å². The Morgan fingerprint density at radius 2 is 1.92 bits per heavy atom. The van der Waals surface area contributed by atoms with E-state index in [1.54, 1.807) is 6.07 Å². The van der Waals surface area contributed by atoms with E-state index in [4.69, 9.17) is 4.74 Å². The van der Waals surface area contributed by atoms with E-state index in [0.29, 0.717) is 11.8 Å². The average Bonchev–Trinajstić information content (AvgIpc) is 2.93. The molecule has 130 valence electrons. The SMILES string of the molecule is CCCN(C)[C@@H]1Cc2cc(OC)c(F)cc2[C@H]1c1ccccc1.Cl. The van der Waals surface area contributed by atoms with Gasteiger partial charge in [-0.3, -0.25) is 0 Å². The molecule has 2 aromatic rings. The first-order valence-electron chi connectivity index (χ1n) is 8.27. The van der Waals surface area contributed by atoms with Gasteiger partial charge in [0.25, 0.3) is 0 Å². The van der Waals surface area contributed by atoms with Crippen molar-refractivity contribution >= 4 is 12.4 Å². The normalized spacial score (nSPS) is 19.0. The molecule has 0 saturated carbocycles. The van der Waals surface area contributed by atoms with Crippen LogP contribution in [-0.2, 0) is 6.42 Å². The standard InChI is InChI=1S/C20H24FNO.ClH/c1-4-10-22(2)18-11-15-12-19(23-3)17(21)13-16(15)20(18)14-8-6-5-7-9-14;/h5-9,12-13,18,20H,4,10-11H2,1-3H3;1H/t18-,20-;/m1./s1. The molecule has 2 atom stereocenters. The number of methoxy groups -OCH3 is 1. The molecule has 0 saturated heterocycles. The Kier molecular flexibility index (Phi) is 6.25. The van der Waals surface area contributed by atoms with Crippen molar-refractivity contribution in [1.29, 1.82) is 0 Å². The lowest BCUT2D eigenvalue weighted by atomic mass is 9.89. The molecule has 0 heterocycles. The van der Waals surface area contributed by atoms with E-state index in [0.717, 1.165) is 24.9 Å².